The first-order chi connectivity index (χ1) is 9.42. The summed E-state index contributed by atoms with van der Waals surface area (Å²) in [5.41, 5.74) is 5.29. The van der Waals surface area contributed by atoms with Gasteiger partial charge >= 0.3 is 0 Å². The highest BCUT2D eigenvalue weighted by molar-refractivity contribution is 6.35. The van der Waals surface area contributed by atoms with Gasteiger partial charge in [-0.3, -0.25) is 0 Å². The number of hydrogen-bond acceptors (Lipinski definition) is 4. The van der Waals surface area contributed by atoms with Crippen molar-refractivity contribution in [2.75, 3.05) is 5.43 Å². The minimum Gasteiger partial charge on any atom is -0.308 e. The standard InChI is InChI=1S/C14H16Cl2N4/c1-7(2)12-8(3)18-13(19-14(12)20-17)9-4-10(15)6-11(16)5-9/h4-7H,17H2,1-3H3,(H,18,19,20). The Kier molecular flexibility index (Phi) is 4.48. The van der Waals surface area contributed by atoms with E-state index < -0.39 is 0 Å². The molecule has 0 fully saturated rings. The van der Waals surface area contributed by atoms with Crippen LogP contribution in [0.15, 0.2) is 18.2 Å². The van der Waals surface area contributed by atoms with Crippen molar-refractivity contribution in [1.29, 1.82) is 0 Å². The summed E-state index contributed by atoms with van der Waals surface area (Å²) in [7, 11) is 0. The van der Waals surface area contributed by atoms with Gasteiger partial charge in [0.2, 0.25) is 0 Å². The Morgan fingerprint density at radius 3 is 2.20 bits per heavy atom. The van der Waals surface area contributed by atoms with Crippen molar-refractivity contribution in [1.82, 2.24) is 9.97 Å². The Balaban J connectivity index is 2.61. The number of nitrogens with one attached hydrogen (secondary N) is 1. The molecule has 0 aliphatic heterocycles. The number of hydrogen-bond donors (Lipinski definition) is 2. The fourth-order valence-electron chi connectivity index (χ4n) is 2.19. The molecule has 0 radical (unpaired) electrons. The number of aryl methyl sites for hydroxylation is 1. The molecular formula is C14H16Cl2N4. The molecule has 0 unspecified atom stereocenters. The van der Waals surface area contributed by atoms with Gasteiger partial charge in [0.1, 0.15) is 5.82 Å². The van der Waals surface area contributed by atoms with Crippen LogP contribution in [0.5, 0.6) is 0 Å². The fourth-order valence-corrected chi connectivity index (χ4v) is 2.72. The molecule has 1 aromatic carbocycles. The molecule has 20 heavy (non-hydrogen) atoms. The molecule has 0 aliphatic carbocycles. The lowest BCUT2D eigenvalue weighted by atomic mass is 10.0. The zero-order chi connectivity index (χ0) is 14.9. The summed E-state index contributed by atoms with van der Waals surface area (Å²) in [4.78, 5) is 8.99. The number of nitrogen functional groups attached to an aromatic ring is 1. The van der Waals surface area contributed by atoms with Gasteiger partial charge in [-0.1, -0.05) is 37.0 Å². The molecule has 4 nitrogen and oxygen atoms in total. The van der Waals surface area contributed by atoms with Crippen molar-refractivity contribution >= 4 is 29.0 Å². The van der Waals surface area contributed by atoms with Gasteiger partial charge in [-0.2, -0.15) is 0 Å². The maximum Gasteiger partial charge on any atom is 0.161 e. The average Bonchev–Trinajstić information content (AvgIpc) is 2.35. The van der Waals surface area contributed by atoms with Gasteiger partial charge in [-0.25, -0.2) is 15.8 Å². The smallest absolute Gasteiger partial charge is 0.161 e. The molecule has 106 valence electrons. The first kappa shape index (κ1) is 15.0. The average molecular weight is 311 g/mol. The van der Waals surface area contributed by atoms with Crippen LogP contribution in [-0.2, 0) is 0 Å². The molecule has 2 aromatic rings. The minimum absolute atomic E-state index is 0.276. The third kappa shape index (κ3) is 3.03. The second-order valence-electron chi connectivity index (χ2n) is 4.85. The maximum atomic E-state index is 6.01. The van der Waals surface area contributed by atoms with E-state index in [1.807, 2.05) is 6.92 Å². The maximum absolute atomic E-state index is 6.01. The van der Waals surface area contributed by atoms with Crippen LogP contribution in [0.2, 0.25) is 10.0 Å². The normalized spacial score (nSPS) is 10.9. The summed E-state index contributed by atoms with van der Waals surface area (Å²) in [6, 6.07) is 5.22. The van der Waals surface area contributed by atoms with E-state index in [1.54, 1.807) is 18.2 Å². The number of rotatable bonds is 3. The minimum atomic E-state index is 0.276. The number of benzene rings is 1. The van der Waals surface area contributed by atoms with Gasteiger partial charge in [-0.05, 0) is 31.0 Å². The fraction of sp³-hybridized carbons (Fsp3) is 0.286. The van der Waals surface area contributed by atoms with Crippen molar-refractivity contribution in [2.45, 2.75) is 26.7 Å². The lowest BCUT2D eigenvalue weighted by molar-refractivity contribution is 0.832. The van der Waals surface area contributed by atoms with E-state index in [-0.39, 0.29) is 5.92 Å². The molecule has 6 heteroatoms. The Labute approximate surface area is 128 Å². The van der Waals surface area contributed by atoms with E-state index in [0.29, 0.717) is 21.7 Å². The Morgan fingerprint density at radius 2 is 1.70 bits per heavy atom. The predicted molar refractivity (Wildman–Crippen MR) is 84.1 cm³/mol. The molecule has 0 atom stereocenters. The van der Waals surface area contributed by atoms with Crippen LogP contribution in [0.25, 0.3) is 11.4 Å². The van der Waals surface area contributed by atoms with Crippen LogP contribution in [0.1, 0.15) is 31.0 Å². The van der Waals surface area contributed by atoms with Gasteiger partial charge in [-0.15, -0.1) is 0 Å². The zero-order valence-electron chi connectivity index (χ0n) is 11.5. The third-order valence-corrected chi connectivity index (χ3v) is 3.41. The first-order valence-corrected chi connectivity index (χ1v) is 6.99. The third-order valence-electron chi connectivity index (χ3n) is 2.97. The Hall–Kier alpha value is -1.36. The van der Waals surface area contributed by atoms with Crippen molar-refractivity contribution in [3.63, 3.8) is 0 Å². The van der Waals surface area contributed by atoms with Crippen molar-refractivity contribution < 1.29 is 0 Å². The van der Waals surface area contributed by atoms with Gasteiger partial charge in [0, 0.05) is 26.9 Å². The van der Waals surface area contributed by atoms with Crippen molar-refractivity contribution in [3.8, 4) is 11.4 Å². The van der Waals surface area contributed by atoms with Crippen molar-refractivity contribution in [2.24, 2.45) is 5.84 Å². The van der Waals surface area contributed by atoms with E-state index in [4.69, 9.17) is 29.0 Å². The molecule has 3 N–H and O–H groups in total. The highest BCUT2D eigenvalue weighted by Crippen LogP contribution is 2.30. The molecule has 0 spiro atoms. The molecule has 0 saturated carbocycles. The Bertz CT molecular complexity index is 621. The second kappa shape index (κ2) is 5.95. The first-order valence-electron chi connectivity index (χ1n) is 6.24. The molecule has 0 bridgehead atoms. The van der Waals surface area contributed by atoms with E-state index in [0.717, 1.165) is 16.8 Å². The number of nitrogens with two attached hydrogens (primary N) is 1. The molecule has 0 aliphatic rings. The zero-order valence-corrected chi connectivity index (χ0v) is 13.0. The van der Waals surface area contributed by atoms with E-state index in [1.165, 1.54) is 0 Å². The number of anilines is 1. The quantitative estimate of drug-likeness (QED) is 0.659. The topological polar surface area (TPSA) is 63.8 Å². The highest BCUT2D eigenvalue weighted by Gasteiger charge is 2.15. The lowest BCUT2D eigenvalue weighted by Crippen LogP contribution is -2.14. The summed E-state index contributed by atoms with van der Waals surface area (Å²) in [5, 5.41) is 1.09. The summed E-state index contributed by atoms with van der Waals surface area (Å²) in [5.74, 6) is 7.02. The predicted octanol–water partition coefficient (Wildman–Crippen LogP) is 4.17. The number of hydrazine groups is 1. The van der Waals surface area contributed by atoms with Gasteiger partial charge in [0.15, 0.2) is 5.82 Å². The van der Waals surface area contributed by atoms with Crippen LogP contribution in [0, 0.1) is 6.92 Å². The molecule has 0 saturated heterocycles. The van der Waals surface area contributed by atoms with Gasteiger partial charge in [0.05, 0.1) is 0 Å². The van der Waals surface area contributed by atoms with E-state index >= 15 is 0 Å². The van der Waals surface area contributed by atoms with Crippen LogP contribution in [0.3, 0.4) is 0 Å². The van der Waals surface area contributed by atoms with E-state index in [9.17, 15) is 0 Å². The summed E-state index contributed by atoms with van der Waals surface area (Å²) >= 11 is 12.0. The number of nitrogens with zero attached hydrogens (tertiary/aromatic N) is 2. The summed E-state index contributed by atoms with van der Waals surface area (Å²) < 4.78 is 0. The Morgan fingerprint density at radius 1 is 1.10 bits per heavy atom. The number of halogens is 2. The summed E-state index contributed by atoms with van der Waals surface area (Å²) in [6.07, 6.45) is 0. The SMILES string of the molecule is Cc1nc(-c2cc(Cl)cc(Cl)c2)nc(NN)c1C(C)C. The lowest BCUT2D eigenvalue weighted by Gasteiger charge is -2.15. The highest BCUT2D eigenvalue weighted by atomic mass is 35.5. The van der Waals surface area contributed by atoms with Crippen LogP contribution >= 0.6 is 23.2 Å². The van der Waals surface area contributed by atoms with Crippen molar-refractivity contribution in [3.05, 3.63) is 39.5 Å². The number of aromatic nitrogens is 2. The monoisotopic (exact) mass is 310 g/mol. The van der Waals surface area contributed by atoms with Gasteiger partial charge in [0.25, 0.3) is 0 Å². The largest absolute Gasteiger partial charge is 0.308 e. The molecular weight excluding hydrogens is 295 g/mol. The molecule has 0 amide bonds. The van der Waals surface area contributed by atoms with Gasteiger partial charge < -0.3 is 5.43 Å². The van der Waals surface area contributed by atoms with Crippen LogP contribution < -0.4 is 11.3 Å². The van der Waals surface area contributed by atoms with E-state index in [2.05, 4.69) is 29.2 Å². The second-order valence-corrected chi connectivity index (χ2v) is 5.72. The summed E-state index contributed by atoms with van der Waals surface area (Å²) in [6.45, 7) is 6.08. The van der Waals surface area contributed by atoms with Crippen LogP contribution in [-0.4, -0.2) is 9.97 Å². The molecule has 1 heterocycles. The molecule has 2 rings (SSSR count). The molecule has 1 aromatic heterocycles. The van der Waals surface area contributed by atoms with Crippen LogP contribution in [0.4, 0.5) is 5.82 Å².